The molecule has 5 nitrogen and oxygen atoms in total. The van der Waals surface area contributed by atoms with Crippen LogP contribution >= 0.6 is 0 Å². The molecule has 0 radical (unpaired) electrons. The first-order valence-corrected chi connectivity index (χ1v) is 9.93. The highest BCUT2D eigenvalue weighted by Gasteiger charge is 2.22. The summed E-state index contributed by atoms with van der Waals surface area (Å²) in [5.74, 6) is 0.479. The fourth-order valence-corrected chi connectivity index (χ4v) is 4.27. The van der Waals surface area contributed by atoms with Crippen molar-refractivity contribution in [3.63, 3.8) is 0 Å². The van der Waals surface area contributed by atoms with Gasteiger partial charge in [0.25, 0.3) is 5.91 Å². The predicted octanol–water partition coefficient (Wildman–Crippen LogP) is 3.10. The van der Waals surface area contributed by atoms with E-state index in [1.54, 1.807) is 36.2 Å². The summed E-state index contributed by atoms with van der Waals surface area (Å²) < 4.78 is 26.5. The molecule has 1 amide bonds. The quantitative estimate of drug-likeness (QED) is 0.831. The summed E-state index contributed by atoms with van der Waals surface area (Å²) in [6, 6.07) is 6.81. The number of hydrogen-bond acceptors (Lipinski definition) is 3. The Hall–Kier alpha value is -1.56. The van der Waals surface area contributed by atoms with E-state index >= 15 is 0 Å². The van der Waals surface area contributed by atoms with Crippen LogP contribution in [-0.2, 0) is 10.0 Å². The normalized spacial score (nSPS) is 15.6. The average Bonchev–Trinajstić information content (AvgIpc) is 2.99. The van der Waals surface area contributed by atoms with Gasteiger partial charge in [-0.2, -0.15) is 0 Å². The Bertz CT molecular complexity index is 637. The molecule has 1 aliphatic rings. The SMILES string of the molecule is CCCS(=O)(=O)Nc1ccccc1C(=O)N(C)CC1CCCC1. The lowest BCUT2D eigenvalue weighted by molar-refractivity contribution is 0.0774. The number of benzene rings is 1. The van der Waals surface area contributed by atoms with Crippen LogP contribution in [0.4, 0.5) is 5.69 Å². The standard InChI is InChI=1S/C17H26N2O3S/c1-3-12-23(21,22)18-16-11-7-6-10-15(16)17(20)19(2)13-14-8-4-5-9-14/h6-7,10-11,14,18H,3-5,8-9,12-13H2,1-2H3. The summed E-state index contributed by atoms with van der Waals surface area (Å²) in [7, 11) is -1.62. The Morgan fingerprint density at radius 2 is 1.91 bits per heavy atom. The first kappa shape index (κ1) is 17.8. The topological polar surface area (TPSA) is 66.5 Å². The van der Waals surface area contributed by atoms with Crippen LogP contribution in [0.25, 0.3) is 0 Å². The number of rotatable bonds is 7. The summed E-state index contributed by atoms with van der Waals surface area (Å²) in [6.07, 6.45) is 5.35. The molecule has 23 heavy (non-hydrogen) atoms. The third-order valence-electron chi connectivity index (χ3n) is 4.25. The van der Waals surface area contributed by atoms with Gasteiger partial charge < -0.3 is 4.90 Å². The second-order valence-electron chi connectivity index (χ2n) is 6.30. The van der Waals surface area contributed by atoms with E-state index in [0.717, 1.165) is 6.54 Å². The molecule has 0 bridgehead atoms. The summed E-state index contributed by atoms with van der Waals surface area (Å²) in [4.78, 5) is 14.4. The number of carbonyl (C=O) groups excluding carboxylic acids is 1. The minimum absolute atomic E-state index is 0.0490. The van der Waals surface area contributed by atoms with Crippen molar-refractivity contribution in [1.29, 1.82) is 0 Å². The second-order valence-corrected chi connectivity index (χ2v) is 8.14. The van der Waals surface area contributed by atoms with Gasteiger partial charge in [0.15, 0.2) is 0 Å². The zero-order valence-electron chi connectivity index (χ0n) is 13.9. The van der Waals surface area contributed by atoms with E-state index in [-0.39, 0.29) is 11.7 Å². The fourth-order valence-electron chi connectivity index (χ4n) is 3.11. The maximum absolute atomic E-state index is 12.7. The zero-order chi connectivity index (χ0) is 16.9. The monoisotopic (exact) mass is 338 g/mol. The van der Waals surface area contributed by atoms with Crippen molar-refractivity contribution in [2.45, 2.75) is 39.0 Å². The molecule has 1 saturated carbocycles. The summed E-state index contributed by atoms with van der Waals surface area (Å²) in [6.45, 7) is 2.54. The van der Waals surface area contributed by atoms with E-state index in [4.69, 9.17) is 0 Å². The van der Waals surface area contributed by atoms with Crippen molar-refractivity contribution < 1.29 is 13.2 Å². The van der Waals surface area contributed by atoms with Crippen molar-refractivity contribution in [3.05, 3.63) is 29.8 Å². The van der Waals surface area contributed by atoms with Crippen LogP contribution < -0.4 is 4.72 Å². The zero-order valence-corrected chi connectivity index (χ0v) is 14.7. The predicted molar refractivity (Wildman–Crippen MR) is 93.1 cm³/mol. The van der Waals surface area contributed by atoms with Gasteiger partial charge in [0.1, 0.15) is 0 Å². The van der Waals surface area contributed by atoms with Crippen molar-refractivity contribution in [3.8, 4) is 0 Å². The molecule has 2 rings (SSSR count). The Morgan fingerprint density at radius 1 is 1.26 bits per heavy atom. The van der Waals surface area contributed by atoms with Crippen LogP contribution in [0.15, 0.2) is 24.3 Å². The molecule has 1 aromatic carbocycles. The molecule has 0 aliphatic heterocycles. The number of sulfonamides is 1. The Kier molecular flexibility index (Phi) is 6.04. The van der Waals surface area contributed by atoms with Crippen molar-refractivity contribution in [2.75, 3.05) is 24.1 Å². The van der Waals surface area contributed by atoms with Gasteiger partial charge >= 0.3 is 0 Å². The molecule has 1 fully saturated rings. The third-order valence-corrected chi connectivity index (χ3v) is 5.73. The first-order valence-electron chi connectivity index (χ1n) is 8.28. The van der Waals surface area contributed by atoms with Gasteiger partial charge in [-0.3, -0.25) is 9.52 Å². The largest absolute Gasteiger partial charge is 0.341 e. The molecule has 1 aliphatic carbocycles. The van der Waals surface area contributed by atoms with E-state index < -0.39 is 10.0 Å². The number of hydrogen-bond donors (Lipinski definition) is 1. The van der Waals surface area contributed by atoms with Gasteiger partial charge in [-0.1, -0.05) is 31.9 Å². The number of anilines is 1. The summed E-state index contributed by atoms with van der Waals surface area (Å²) in [5, 5.41) is 0. The molecule has 0 unspecified atom stereocenters. The minimum atomic E-state index is -3.41. The number of nitrogens with one attached hydrogen (secondary N) is 1. The Balaban J connectivity index is 2.13. The van der Waals surface area contributed by atoms with E-state index in [0.29, 0.717) is 23.6 Å². The van der Waals surface area contributed by atoms with E-state index in [2.05, 4.69) is 4.72 Å². The van der Waals surface area contributed by atoms with E-state index in [1.807, 2.05) is 6.92 Å². The lowest BCUT2D eigenvalue weighted by atomic mass is 10.1. The molecule has 0 atom stereocenters. The lowest BCUT2D eigenvalue weighted by Crippen LogP contribution is -2.32. The van der Waals surface area contributed by atoms with Crippen molar-refractivity contribution in [1.82, 2.24) is 4.90 Å². The molecular formula is C17H26N2O3S. The van der Waals surface area contributed by atoms with E-state index in [1.165, 1.54) is 25.7 Å². The highest BCUT2D eigenvalue weighted by molar-refractivity contribution is 7.92. The molecule has 0 heterocycles. The molecule has 0 spiro atoms. The molecular weight excluding hydrogens is 312 g/mol. The molecule has 6 heteroatoms. The molecule has 128 valence electrons. The van der Waals surface area contributed by atoms with Crippen LogP contribution in [0, 0.1) is 5.92 Å². The molecule has 1 aromatic rings. The van der Waals surface area contributed by atoms with E-state index in [9.17, 15) is 13.2 Å². The molecule has 1 N–H and O–H groups in total. The van der Waals surface area contributed by atoms with Gasteiger partial charge in [-0.05, 0) is 37.3 Å². The van der Waals surface area contributed by atoms with Crippen LogP contribution in [-0.4, -0.2) is 38.6 Å². The van der Waals surface area contributed by atoms with Gasteiger partial charge in [0, 0.05) is 13.6 Å². The summed E-state index contributed by atoms with van der Waals surface area (Å²) >= 11 is 0. The fraction of sp³-hybridized carbons (Fsp3) is 0.588. The number of nitrogens with zero attached hydrogens (tertiary/aromatic N) is 1. The second kappa shape index (κ2) is 7.81. The maximum Gasteiger partial charge on any atom is 0.255 e. The third kappa shape index (κ3) is 4.96. The minimum Gasteiger partial charge on any atom is -0.341 e. The van der Waals surface area contributed by atoms with Crippen LogP contribution in [0.2, 0.25) is 0 Å². The average molecular weight is 338 g/mol. The van der Waals surface area contributed by atoms with Crippen LogP contribution in [0.1, 0.15) is 49.4 Å². The lowest BCUT2D eigenvalue weighted by Gasteiger charge is -2.22. The van der Waals surface area contributed by atoms with Gasteiger partial charge in [0.05, 0.1) is 17.0 Å². The van der Waals surface area contributed by atoms with Crippen LogP contribution in [0.5, 0.6) is 0 Å². The van der Waals surface area contributed by atoms with Gasteiger partial charge in [-0.15, -0.1) is 0 Å². The number of carbonyl (C=O) groups is 1. The molecule has 0 aromatic heterocycles. The first-order chi connectivity index (χ1) is 10.9. The maximum atomic E-state index is 12.7. The number of para-hydroxylation sites is 1. The van der Waals surface area contributed by atoms with Crippen molar-refractivity contribution in [2.24, 2.45) is 5.92 Å². The Morgan fingerprint density at radius 3 is 2.57 bits per heavy atom. The van der Waals surface area contributed by atoms with Crippen LogP contribution in [0.3, 0.4) is 0 Å². The highest BCUT2D eigenvalue weighted by atomic mass is 32.2. The van der Waals surface area contributed by atoms with Gasteiger partial charge in [0.2, 0.25) is 10.0 Å². The highest BCUT2D eigenvalue weighted by Crippen LogP contribution is 2.26. The summed E-state index contributed by atoms with van der Waals surface area (Å²) in [5.41, 5.74) is 0.775. The number of amides is 1. The molecule has 0 saturated heterocycles. The Labute approximate surface area is 139 Å². The van der Waals surface area contributed by atoms with Gasteiger partial charge in [-0.25, -0.2) is 8.42 Å². The smallest absolute Gasteiger partial charge is 0.255 e. The van der Waals surface area contributed by atoms with Crippen molar-refractivity contribution >= 4 is 21.6 Å².